The van der Waals surface area contributed by atoms with Crippen LogP contribution in [0.15, 0.2) is 29.1 Å². The molecule has 1 aliphatic rings. The number of pyridine rings is 1. The Kier molecular flexibility index (Phi) is 5.86. The van der Waals surface area contributed by atoms with E-state index in [2.05, 4.69) is 5.32 Å². The first-order valence-corrected chi connectivity index (χ1v) is 9.06. The van der Waals surface area contributed by atoms with Gasteiger partial charge in [0.2, 0.25) is 5.75 Å². The van der Waals surface area contributed by atoms with E-state index in [1.54, 1.807) is 34.7 Å². The summed E-state index contributed by atoms with van der Waals surface area (Å²) in [5, 5.41) is 2.82. The Balaban J connectivity index is 1.60. The summed E-state index contributed by atoms with van der Waals surface area (Å²) in [6.07, 6.45) is -0.160. The molecule has 1 aliphatic heterocycles. The van der Waals surface area contributed by atoms with Crippen molar-refractivity contribution in [2.24, 2.45) is 7.05 Å². The molecule has 9 nitrogen and oxygen atoms in total. The molecule has 1 N–H and O–H groups in total. The van der Waals surface area contributed by atoms with Crippen LogP contribution in [0.3, 0.4) is 0 Å². The fraction of sp³-hybridized carbons (Fsp3) is 0.400. The molecule has 1 saturated heterocycles. The number of rotatable bonds is 6. The first-order valence-electron chi connectivity index (χ1n) is 9.06. The van der Waals surface area contributed by atoms with Crippen LogP contribution in [0.5, 0.6) is 23.0 Å². The summed E-state index contributed by atoms with van der Waals surface area (Å²) in [7, 11) is 6.25. The molecular formula is C20H25N3O6. The molecule has 156 valence electrons. The highest BCUT2D eigenvalue weighted by Gasteiger charge is 2.32. The molecule has 2 aromatic rings. The summed E-state index contributed by atoms with van der Waals surface area (Å²) >= 11 is 0. The maximum atomic E-state index is 12.5. The largest absolute Gasteiger partial charge is 0.493 e. The zero-order valence-electron chi connectivity index (χ0n) is 17.1. The minimum atomic E-state index is -0.265. The van der Waals surface area contributed by atoms with Crippen LogP contribution in [0, 0.1) is 6.92 Å². The van der Waals surface area contributed by atoms with Crippen LogP contribution in [-0.4, -0.2) is 56.0 Å². The summed E-state index contributed by atoms with van der Waals surface area (Å²) in [6.45, 7) is 2.68. The minimum Gasteiger partial charge on any atom is -0.493 e. The molecule has 1 aromatic heterocycles. The fourth-order valence-electron chi connectivity index (χ4n) is 3.03. The summed E-state index contributed by atoms with van der Waals surface area (Å²) < 4.78 is 23.2. The number of amides is 2. The van der Waals surface area contributed by atoms with E-state index >= 15 is 0 Å². The predicted octanol–water partition coefficient (Wildman–Crippen LogP) is 2.01. The van der Waals surface area contributed by atoms with Gasteiger partial charge >= 0.3 is 6.03 Å². The van der Waals surface area contributed by atoms with Gasteiger partial charge in [-0.05, 0) is 13.0 Å². The van der Waals surface area contributed by atoms with E-state index in [-0.39, 0.29) is 17.7 Å². The van der Waals surface area contributed by atoms with Gasteiger partial charge in [0, 0.05) is 30.9 Å². The van der Waals surface area contributed by atoms with E-state index in [1.807, 2.05) is 6.92 Å². The number of ether oxygens (including phenoxy) is 4. The first-order chi connectivity index (χ1) is 13.9. The van der Waals surface area contributed by atoms with E-state index in [1.165, 1.54) is 27.4 Å². The number of nitrogens with one attached hydrogen (secondary N) is 1. The zero-order chi connectivity index (χ0) is 21.1. The van der Waals surface area contributed by atoms with Crippen LogP contribution in [0.4, 0.5) is 10.5 Å². The average molecular weight is 403 g/mol. The molecule has 0 aliphatic carbocycles. The molecule has 1 fully saturated rings. The maximum Gasteiger partial charge on any atom is 0.322 e. The Morgan fingerprint density at radius 1 is 1.03 bits per heavy atom. The Bertz CT molecular complexity index is 940. The first kappa shape index (κ1) is 20.4. The Labute approximate surface area is 168 Å². The van der Waals surface area contributed by atoms with E-state index in [0.29, 0.717) is 41.8 Å². The summed E-state index contributed by atoms with van der Waals surface area (Å²) in [5.74, 6) is 1.87. The van der Waals surface area contributed by atoms with Crippen LogP contribution < -0.4 is 29.8 Å². The lowest BCUT2D eigenvalue weighted by atomic mass is 10.2. The number of aromatic nitrogens is 1. The Hall–Kier alpha value is -3.36. The van der Waals surface area contributed by atoms with Crippen LogP contribution >= 0.6 is 0 Å². The topological polar surface area (TPSA) is 91.3 Å². The quantitative estimate of drug-likeness (QED) is 0.794. The number of urea groups is 1. The molecule has 0 atom stereocenters. The molecule has 0 radical (unpaired) electrons. The van der Waals surface area contributed by atoms with Gasteiger partial charge in [0.15, 0.2) is 11.5 Å². The number of anilines is 1. The number of carbonyl (C=O) groups is 1. The Morgan fingerprint density at radius 3 is 2.17 bits per heavy atom. The molecule has 2 amide bonds. The lowest BCUT2D eigenvalue weighted by Gasteiger charge is -2.38. The van der Waals surface area contributed by atoms with E-state index in [9.17, 15) is 9.59 Å². The maximum absolute atomic E-state index is 12.5. The third-order valence-electron chi connectivity index (χ3n) is 4.83. The van der Waals surface area contributed by atoms with Gasteiger partial charge in [-0.2, -0.15) is 0 Å². The van der Waals surface area contributed by atoms with E-state index in [4.69, 9.17) is 18.9 Å². The van der Waals surface area contributed by atoms with Gasteiger partial charge in [0.05, 0.1) is 40.1 Å². The lowest BCUT2D eigenvalue weighted by molar-refractivity contribution is 0.0490. The molecule has 0 saturated carbocycles. The second-order valence-corrected chi connectivity index (χ2v) is 6.72. The van der Waals surface area contributed by atoms with Gasteiger partial charge in [-0.3, -0.25) is 4.79 Å². The smallest absolute Gasteiger partial charge is 0.322 e. The van der Waals surface area contributed by atoms with Gasteiger partial charge in [-0.25, -0.2) is 4.79 Å². The number of methoxy groups -OCH3 is 3. The van der Waals surface area contributed by atoms with Crippen molar-refractivity contribution in [1.29, 1.82) is 0 Å². The van der Waals surface area contributed by atoms with Gasteiger partial charge in [-0.1, -0.05) is 0 Å². The van der Waals surface area contributed by atoms with Crippen molar-refractivity contribution in [1.82, 2.24) is 9.47 Å². The highest BCUT2D eigenvalue weighted by atomic mass is 16.5. The van der Waals surface area contributed by atoms with Crippen molar-refractivity contribution in [3.8, 4) is 23.0 Å². The standard InChI is InChI=1S/C20H25N3O6/c1-12-6-14(9-18(24)22(12)2)29-15-10-23(11-15)20(25)21-13-7-16(26-3)19(28-5)17(8-13)27-4/h6-9,15H,10-11H2,1-5H3,(H,21,25). The van der Waals surface area contributed by atoms with Gasteiger partial charge < -0.3 is 33.7 Å². The number of likely N-dealkylation sites (tertiary alicyclic amines) is 1. The SMILES string of the molecule is COc1cc(NC(=O)N2CC(Oc3cc(C)n(C)c(=O)c3)C2)cc(OC)c1OC. The number of carbonyl (C=O) groups excluding carboxylic acids is 1. The highest BCUT2D eigenvalue weighted by molar-refractivity contribution is 5.90. The number of nitrogens with zero attached hydrogens (tertiary/aromatic N) is 2. The number of aryl methyl sites for hydroxylation is 1. The number of hydrogen-bond donors (Lipinski definition) is 1. The van der Waals surface area contributed by atoms with Gasteiger partial charge in [-0.15, -0.1) is 0 Å². The number of hydrogen-bond acceptors (Lipinski definition) is 6. The normalized spacial score (nSPS) is 13.5. The summed E-state index contributed by atoms with van der Waals surface area (Å²) in [4.78, 5) is 26.0. The van der Waals surface area contributed by atoms with E-state index < -0.39 is 0 Å². The van der Waals surface area contributed by atoms with Crippen LogP contribution in [0.25, 0.3) is 0 Å². The third kappa shape index (κ3) is 4.23. The zero-order valence-corrected chi connectivity index (χ0v) is 17.1. The molecule has 2 heterocycles. The molecular weight excluding hydrogens is 378 g/mol. The van der Waals surface area contributed by atoms with Crippen molar-refractivity contribution in [3.05, 3.63) is 40.3 Å². The number of benzene rings is 1. The van der Waals surface area contributed by atoms with Crippen LogP contribution in [-0.2, 0) is 7.05 Å². The van der Waals surface area contributed by atoms with Crippen molar-refractivity contribution in [2.45, 2.75) is 13.0 Å². The molecule has 29 heavy (non-hydrogen) atoms. The van der Waals surface area contributed by atoms with Crippen molar-refractivity contribution in [2.75, 3.05) is 39.7 Å². The molecule has 0 unspecified atom stereocenters. The van der Waals surface area contributed by atoms with Crippen LogP contribution in [0.1, 0.15) is 5.69 Å². The second kappa shape index (κ2) is 8.34. The van der Waals surface area contributed by atoms with Gasteiger partial charge in [0.25, 0.3) is 5.56 Å². The molecule has 9 heteroatoms. The predicted molar refractivity (Wildman–Crippen MR) is 108 cm³/mol. The van der Waals surface area contributed by atoms with E-state index in [0.717, 1.165) is 5.69 Å². The fourth-order valence-corrected chi connectivity index (χ4v) is 3.03. The minimum absolute atomic E-state index is 0.128. The molecule has 0 spiro atoms. The second-order valence-electron chi connectivity index (χ2n) is 6.72. The third-order valence-corrected chi connectivity index (χ3v) is 4.83. The van der Waals surface area contributed by atoms with Crippen molar-refractivity contribution < 1.29 is 23.7 Å². The highest BCUT2D eigenvalue weighted by Crippen LogP contribution is 2.40. The van der Waals surface area contributed by atoms with Crippen molar-refractivity contribution in [3.63, 3.8) is 0 Å². The summed E-state index contributed by atoms with van der Waals surface area (Å²) in [5.41, 5.74) is 1.20. The monoisotopic (exact) mass is 403 g/mol. The van der Waals surface area contributed by atoms with Gasteiger partial charge in [0.1, 0.15) is 11.9 Å². The van der Waals surface area contributed by atoms with Crippen LogP contribution in [0.2, 0.25) is 0 Å². The molecule has 1 aromatic carbocycles. The summed E-state index contributed by atoms with van der Waals surface area (Å²) in [6, 6.07) is 6.32. The molecule has 0 bridgehead atoms. The average Bonchev–Trinajstić information content (AvgIpc) is 2.67. The Morgan fingerprint density at radius 2 is 1.66 bits per heavy atom. The molecule has 3 rings (SSSR count). The van der Waals surface area contributed by atoms with Crippen molar-refractivity contribution >= 4 is 11.7 Å². The lowest BCUT2D eigenvalue weighted by Crippen LogP contribution is -2.57.